The van der Waals surface area contributed by atoms with Gasteiger partial charge in [-0.1, -0.05) is 18.2 Å². The molecule has 10 heteroatoms. The summed E-state index contributed by atoms with van der Waals surface area (Å²) in [6.45, 7) is 5.19. The topological polar surface area (TPSA) is 79.8 Å². The first-order valence-electron chi connectivity index (χ1n) is 12.5. The summed E-state index contributed by atoms with van der Waals surface area (Å²) in [6.07, 6.45) is 2.21. The Morgan fingerprint density at radius 2 is 1.76 bits per heavy atom. The molecule has 0 radical (unpaired) electrons. The van der Waals surface area contributed by atoms with Crippen LogP contribution < -0.4 is 24.6 Å². The highest BCUT2D eigenvalue weighted by atomic mass is 32.1. The van der Waals surface area contributed by atoms with E-state index in [0.717, 1.165) is 27.2 Å². The number of methoxy groups -OCH3 is 2. The van der Waals surface area contributed by atoms with Crippen LogP contribution in [-0.4, -0.2) is 62.8 Å². The predicted octanol–water partition coefficient (Wildman–Crippen LogP) is 4.46. The molecule has 0 bridgehead atoms. The molecule has 0 unspecified atom stereocenters. The Bertz CT molecular complexity index is 1450. The number of anilines is 2. The third kappa shape index (κ3) is 5.08. The lowest BCUT2D eigenvalue weighted by Gasteiger charge is -2.37. The summed E-state index contributed by atoms with van der Waals surface area (Å²) in [6, 6.07) is 12.6. The molecule has 1 aliphatic heterocycles. The van der Waals surface area contributed by atoms with Gasteiger partial charge in [0, 0.05) is 32.7 Å². The summed E-state index contributed by atoms with van der Waals surface area (Å²) in [5, 5.41) is 3.94. The monoisotopic (exact) mass is 535 g/mol. The molecular formula is C28H30FN5O3S. The van der Waals surface area contributed by atoms with Gasteiger partial charge >= 0.3 is 0 Å². The van der Waals surface area contributed by atoms with E-state index in [1.807, 2.05) is 37.3 Å². The van der Waals surface area contributed by atoms with E-state index in [-0.39, 0.29) is 11.7 Å². The number of fused-ring (bicyclic) bond motifs is 1. The number of piperazine rings is 1. The second-order valence-corrected chi connectivity index (χ2v) is 10.1. The Hall–Kier alpha value is -3.92. The molecule has 1 saturated heterocycles. The first kappa shape index (κ1) is 25.7. The molecule has 4 aromatic rings. The van der Waals surface area contributed by atoms with Crippen molar-refractivity contribution in [2.24, 2.45) is 0 Å². The standard InChI is InChI=1S/C28H30FN5O3S/c1-18-24-26(34-14-12-33(13-15-34)21-7-5-4-6-20(21)29)31-17-32-28(24)38-25(18)27(35)30-11-10-19-8-9-22(36-2)23(16-19)37-3/h4-9,16-17H,10-15H2,1-3H3,(H,30,35). The molecule has 0 spiro atoms. The summed E-state index contributed by atoms with van der Waals surface area (Å²) >= 11 is 1.38. The maximum atomic E-state index is 14.3. The van der Waals surface area contributed by atoms with Crippen LogP contribution in [0, 0.1) is 12.7 Å². The summed E-state index contributed by atoms with van der Waals surface area (Å²) in [7, 11) is 3.21. The highest BCUT2D eigenvalue weighted by Crippen LogP contribution is 2.35. The van der Waals surface area contributed by atoms with Gasteiger partial charge in [0.05, 0.1) is 30.2 Å². The number of nitrogens with zero attached hydrogens (tertiary/aromatic N) is 4. The van der Waals surface area contributed by atoms with Gasteiger partial charge in [-0.2, -0.15) is 0 Å². The van der Waals surface area contributed by atoms with Crippen molar-refractivity contribution in [3.63, 3.8) is 0 Å². The smallest absolute Gasteiger partial charge is 0.261 e. The number of benzene rings is 2. The lowest BCUT2D eigenvalue weighted by Crippen LogP contribution is -2.47. The molecule has 38 heavy (non-hydrogen) atoms. The number of aromatic nitrogens is 2. The van der Waals surface area contributed by atoms with Crippen LogP contribution in [0.15, 0.2) is 48.8 Å². The first-order chi connectivity index (χ1) is 18.5. The van der Waals surface area contributed by atoms with Gasteiger partial charge in [0.25, 0.3) is 5.91 Å². The summed E-state index contributed by atoms with van der Waals surface area (Å²) in [5.41, 5.74) is 2.54. The fourth-order valence-electron chi connectivity index (χ4n) is 4.81. The van der Waals surface area contributed by atoms with Gasteiger partial charge < -0.3 is 24.6 Å². The van der Waals surface area contributed by atoms with Crippen LogP contribution >= 0.6 is 11.3 Å². The van der Waals surface area contributed by atoms with E-state index in [4.69, 9.17) is 9.47 Å². The Balaban J connectivity index is 1.27. The average molecular weight is 536 g/mol. The second kappa shape index (κ2) is 11.2. The van der Waals surface area contributed by atoms with Crippen molar-refractivity contribution in [1.82, 2.24) is 15.3 Å². The average Bonchev–Trinajstić information content (AvgIpc) is 3.30. The van der Waals surface area contributed by atoms with Gasteiger partial charge in [-0.05, 0) is 48.7 Å². The SMILES string of the molecule is COc1ccc(CCNC(=O)c2sc3ncnc(N4CCN(c5ccccc5F)CC4)c3c2C)cc1OC. The molecule has 0 aliphatic carbocycles. The quantitative estimate of drug-likeness (QED) is 0.357. The van der Waals surface area contributed by atoms with E-state index in [2.05, 4.69) is 25.1 Å². The van der Waals surface area contributed by atoms with Crippen molar-refractivity contribution in [1.29, 1.82) is 0 Å². The van der Waals surface area contributed by atoms with Crippen LogP contribution in [0.5, 0.6) is 11.5 Å². The first-order valence-corrected chi connectivity index (χ1v) is 13.3. The number of carbonyl (C=O) groups excluding carboxylic acids is 1. The Morgan fingerprint density at radius 1 is 1.03 bits per heavy atom. The molecule has 5 rings (SSSR count). The zero-order valence-electron chi connectivity index (χ0n) is 21.7. The summed E-state index contributed by atoms with van der Waals surface area (Å²) in [5.74, 6) is 1.83. The second-order valence-electron chi connectivity index (χ2n) is 9.05. The lowest BCUT2D eigenvalue weighted by atomic mass is 10.1. The minimum atomic E-state index is -0.208. The van der Waals surface area contributed by atoms with Gasteiger partial charge in [-0.3, -0.25) is 4.79 Å². The molecule has 198 valence electrons. The molecule has 1 amide bonds. The number of halogens is 1. The van der Waals surface area contributed by atoms with Gasteiger partial charge in [-0.25, -0.2) is 14.4 Å². The number of nitrogens with one attached hydrogen (secondary N) is 1. The number of aryl methyl sites for hydroxylation is 1. The molecule has 1 fully saturated rings. The highest BCUT2D eigenvalue weighted by Gasteiger charge is 2.25. The number of amides is 1. The van der Waals surface area contributed by atoms with Crippen LogP contribution in [0.25, 0.3) is 10.2 Å². The van der Waals surface area contributed by atoms with E-state index in [1.54, 1.807) is 26.6 Å². The summed E-state index contributed by atoms with van der Waals surface area (Å²) in [4.78, 5) is 27.8. The Labute approximate surface area is 225 Å². The van der Waals surface area contributed by atoms with E-state index < -0.39 is 0 Å². The molecule has 1 N–H and O–H groups in total. The largest absolute Gasteiger partial charge is 0.493 e. The zero-order chi connectivity index (χ0) is 26.6. The molecule has 2 aromatic carbocycles. The van der Waals surface area contributed by atoms with Crippen molar-refractivity contribution in [2.75, 3.05) is 56.7 Å². The highest BCUT2D eigenvalue weighted by molar-refractivity contribution is 7.20. The third-order valence-electron chi connectivity index (χ3n) is 6.83. The maximum absolute atomic E-state index is 14.3. The Morgan fingerprint density at radius 3 is 2.50 bits per heavy atom. The van der Waals surface area contributed by atoms with Crippen LogP contribution in [0.2, 0.25) is 0 Å². The molecule has 2 aromatic heterocycles. The third-order valence-corrected chi connectivity index (χ3v) is 8.03. The van der Waals surface area contributed by atoms with E-state index in [1.165, 1.54) is 17.4 Å². The fraction of sp³-hybridized carbons (Fsp3) is 0.321. The van der Waals surface area contributed by atoms with Gasteiger partial charge in [-0.15, -0.1) is 11.3 Å². The molecular weight excluding hydrogens is 505 g/mol. The minimum absolute atomic E-state index is 0.124. The predicted molar refractivity (Wildman–Crippen MR) is 149 cm³/mol. The van der Waals surface area contributed by atoms with Crippen LogP contribution in [0.1, 0.15) is 20.8 Å². The lowest BCUT2D eigenvalue weighted by molar-refractivity contribution is 0.0957. The van der Waals surface area contributed by atoms with Crippen molar-refractivity contribution >= 4 is 39.0 Å². The molecule has 1 aliphatic rings. The number of ether oxygens (including phenoxy) is 2. The molecule has 0 saturated carbocycles. The van der Waals surface area contributed by atoms with Gasteiger partial charge in [0.15, 0.2) is 11.5 Å². The van der Waals surface area contributed by atoms with E-state index in [9.17, 15) is 9.18 Å². The van der Waals surface area contributed by atoms with Crippen molar-refractivity contribution in [3.05, 3.63) is 70.6 Å². The number of rotatable bonds is 8. The number of thiophene rings is 1. The van der Waals surface area contributed by atoms with Crippen molar-refractivity contribution in [3.8, 4) is 11.5 Å². The Kier molecular flexibility index (Phi) is 7.59. The normalized spacial score (nSPS) is 13.6. The van der Waals surface area contributed by atoms with Crippen LogP contribution in [0.4, 0.5) is 15.9 Å². The van der Waals surface area contributed by atoms with Crippen molar-refractivity contribution in [2.45, 2.75) is 13.3 Å². The molecule has 8 nitrogen and oxygen atoms in total. The van der Waals surface area contributed by atoms with E-state index in [0.29, 0.717) is 61.2 Å². The van der Waals surface area contributed by atoms with E-state index >= 15 is 0 Å². The van der Waals surface area contributed by atoms with Gasteiger partial charge in [0.2, 0.25) is 0 Å². The minimum Gasteiger partial charge on any atom is -0.493 e. The number of para-hydroxylation sites is 1. The molecule has 0 atom stereocenters. The fourth-order valence-corrected chi connectivity index (χ4v) is 5.87. The molecule has 3 heterocycles. The van der Waals surface area contributed by atoms with Gasteiger partial charge in [0.1, 0.15) is 22.8 Å². The van der Waals surface area contributed by atoms with Crippen LogP contribution in [0.3, 0.4) is 0 Å². The zero-order valence-corrected chi connectivity index (χ0v) is 22.5. The summed E-state index contributed by atoms with van der Waals surface area (Å²) < 4.78 is 24.9. The van der Waals surface area contributed by atoms with Crippen LogP contribution in [-0.2, 0) is 6.42 Å². The maximum Gasteiger partial charge on any atom is 0.261 e. The number of hydrogen-bond acceptors (Lipinski definition) is 8. The number of carbonyl (C=O) groups is 1. The van der Waals surface area contributed by atoms with Crippen molar-refractivity contribution < 1.29 is 18.7 Å². The number of hydrogen-bond donors (Lipinski definition) is 1.